The van der Waals surface area contributed by atoms with Crippen molar-refractivity contribution in [3.63, 3.8) is 0 Å². The highest BCUT2D eigenvalue weighted by Gasteiger charge is 2.46. The Balaban J connectivity index is 2.15. The molecule has 1 N–H and O–H groups in total. The van der Waals surface area contributed by atoms with Gasteiger partial charge in [-0.25, -0.2) is 0 Å². The van der Waals surface area contributed by atoms with Gasteiger partial charge in [-0.3, -0.25) is 14.5 Å². The van der Waals surface area contributed by atoms with Gasteiger partial charge in [0.15, 0.2) is 0 Å². The molecule has 1 unspecified atom stereocenters. The zero-order valence-electron chi connectivity index (χ0n) is 11.8. The van der Waals surface area contributed by atoms with Gasteiger partial charge in [0.2, 0.25) is 5.91 Å². The quantitative estimate of drug-likeness (QED) is 0.766. The predicted molar refractivity (Wildman–Crippen MR) is 70.2 cm³/mol. The maximum atomic E-state index is 12.4. The van der Waals surface area contributed by atoms with E-state index in [2.05, 4.69) is 10.2 Å². The average molecular weight is 252 g/mol. The van der Waals surface area contributed by atoms with E-state index >= 15 is 0 Å². The lowest BCUT2D eigenvalue weighted by Gasteiger charge is -2.40. The third-order valence-electron chi connectivity index (χ3n) is 3.85. The van der Waals surface area contributed by atoms with Crippen LogP contribution in [0.15, 0.2) is 0 Å². The topological polar surface area (TPSA) is 49.4 Å². The molecule has 2 saturated heterocycles. The number of nitrogens with one attached hydrogen (secondary N) is 1. The zero-order chi connectivity index (χ0) is 13.5. The molecule has 0 aromatic heterocycles. The monoisotopic (exact) mass is 252 g/mol. The second-order valence-electron chi connectivity index (χ2n) is 6.73. The van der Waals surface area contributed by atoms with E-state index in [1.165, 1.54) is 0 Å². The van der Waals surface area contributed by atoms with Gasteiger partial charge in [0.25, 0.3) is 0 Å². The van der Waals surface area contributed by atoms with Crippen molar-refractivity contribution in [3.05, 3.63) is 0 Å². The number of piperidine rings is 1. The molecule has 0 aromatic rings. The highest BCUT2D eigenvalue weighted by atomic mass is 16.2. The number of ketones is 1. The first-order chi connectivity index (χ1) is 8.29. The van der Waals surface area contributed by atoms with E-state index in [4.69, 9.17) is 0 Å². The van der Waals surface area contributed by atoms with Crippen molar-refractivity contribution >= 4 is 11.7 Å². The van der Waals surface area contributed by atoms with Crippen molar-refractivity contribution in [1.82, 2.24) is 10.2 Å². The summed E-state index contributed by atoms with van der Waals surface area (Å²) in [6.45, 7) is 8.86. The molecule has 2 fully saturated rings. The minimum absolute atomic E-state index is 0.00285. The first-order valence-corrected chi connectivity index (χ1v) is 6.90. The van der Waals surface area contributed by atoms with E-state index in [0.717, 1.165) is 19.4 Å². The van der Waals surface area contributed by atoms with Crippen molar-refractivity contribution in [3.8, 4) is 0 Å². The molecule has 0 bridgehead atoms. The Labute approximate surface area is 109 Å². The molecule has 2 aliphatic heterocycles. The van der Waals surface area contributed by atoms with Crippen molar-refractivity contribution < 1.29 is 9.59 Å². The molecule has 0 spiro atoms. The Bertz CT molecular complexity index is 359. The fourth-order valence-electron chi connectivity index (χ4n) is 3.21. The van der Waals surface area contributed by atoms with Crippen LogP contribution < -0.4 is 5.32 Å². The summed E-state index contributed by atoms with van der Waals surface area (Å²) in [6, 6.07) is -0.133. The van der Waals surface area contributed by atoms with Gasteiger partial charge in [-0.15, -0.1) is 0 Å². The van der Waals surface area contributed by atoms with E-state index < -0.39 is 0 Å². The molecule has 18 heavy (non-hydrogen) atoms. The highest BCUT2D eigenvalue weighted by Crippen LogP contribution is 2.32. The number of carbonyl (C=O) groups is 2. The minimum atomic E-state index is -0.215. The molecule has 4 heteroatoms. The van der Waals surface area contributed by atoms with Gasteiger partial charge < -0.3 is 5.32 Å². The fraction of sp³-hybridized carbons (Fsp3) is 0.857. The Morgan fingerprint density at radius 3 is 2.67 bits per heavy atom. The summed E-state index contributed by atoms with van der Waals surface area (Å²) >= 11 is 0. The van der Waals surface area contributed by atoms with Crippen LogP contribution in [0.3, 0.4) is 0 Å². The smallest absolute Gasteiger partial charge is 0.238 e. The molecule has 2 heterocycles. The number of rotatable bonds is 1. The summed E-state index contributed by atoms with van der Waals surface area (Å²) in [4.78, 5) is 26.5. The van der Waals surface area contributed by atoms with Crippen molar-refractivity contribution in [1.29, 1.82) is 0 Å². The Kier molecular flexibility index (Phi) is 3.49. The van der Waals surface area contributed by atoms with Crippen LogP contribution in [0, 0.1) is 5.92 Å². The molecule has 1 amide bonds. The first-order valence-electron chi connectivity index (χ1n) is 6.90. The number of Topliss-reactive ketones (excluding diaryl/α,β-unsaturated/α-hetero) is 1. The summed E-state index contributed by atoms with van der Waals surface area (Å²) in [5.74, 6) is 0.517. The molecule has 0 radical (unpaired) electrons. The molecular formula is C14H24N2O2. The normalized spacial score (nSPS) is 33.3. The lowest BCUT2D eigenvalue weighted by Crippen LogP contribution is -2.60. The largest absolute Gasteiger partial charge is 0.350 e. The van der Waals surface area contributed by atoms with Gasteiger partial charge in [-0.1, -0.05) is 6.92 Å². The van der Waals surface area contributed by atoms with E-state index in [0.29, 0.717) is 12.2 Å². The molecular weight excluding hydrogens is 228 g/mol. The zero-order valence-corrected chi connectivity index (χ0v) is 11.8. The van der Waals surface area contributed by atoms with Crippen molar-refractivity contribution in [2.45, 2.75) is 64.6 Å². The van der Waals surface area contributed by atoms with E-state index in [1.807, 2.05) is 27.7 Å². The number of hydrogen-bond acceptors (Lipinski definition) is 3. The first kappa shape index (κ1) is 13.5. The number of amides is 1. The van der Waals surface area contributed by atoms with Gasteiger partial charge in [0.05, 0.1) is 12.1 Å². The number of carbonyl (C=O) groups excluding carboxylic acids is 2. The minimum Gasteiger partial charge on any atom is -0.350 e. The van der Waals surface area contributed by atoms with Gasteiger partial charge >= 0.3 is 0 Å². The lowest BCUT2D eigenvalue weighted by atomic mass is 9.85. The summed E-state index contributed by atoms with van der Waals surface area (Å²) < 4.78 is 0. The Morgan fingerprint density at radius 2 is 2.06 bits per heavy atom. The van der Waals surface area contributed by atoms with E-state index in [-0.39, 0.29) is 29.4 Å². The standard InChI is InChI=1S/C14H24N2O2/c1-9-8-11(17)10-6-5-7-16(10)12(9)13(18)15-14(2,3)4/h9-10,12H,5-8H2,1-4H3,(H,15,18)/t9-,10+,12?/m1/s1. The molecule has 0 aliphatic carbocycles. The summed E-state index contributed by atoms with van der Waals surface area (Å²) in [6.07, 6.45) is 2.50. The Hall–Kier alpha value is -0.900. The van der Waals surface area contributed by atoms with Gasteiger partial charge in [-0.05, 0) is 46.1 Å². The fourth-order valence-corrected chi connectivity index (χ4v) is 3.21. The van der Waals surface area contributed by atoms with Crippen LogP contribution >= 0.6 is 0 Å². The second kappa shape index (κ2) is 4.65. The van der Waals surface area contributed by atoms with Crippen LogP contribution in [0.5, 0.6) is 0 Å². The van der Waals surface area contributed by atoms with Crippen LogP contribution in [0.1, 0.15) is 47.0 Å². The van der Waals surface area contributed by atoms with Gasteiger partial charge in [-0.2, -0.15) is 0 Å². The summed E-state index contributed by atoms with van der Waals surface area (Å²) in [5.41, 5.74) is -0.215. The van der Waals surface area contributed by atoms with Gasteiger partial charge in [0, 0.05) is 12.0 Å². The average Bonchev–Trinajstić information content (AvgIpc) is 2.63. The van der Waals surface area contributed by atoms with Crippen molar-refractivity contribution in [2.24, 2.45) is 5.92 Å². The van der Waals surface area contributed by atoms with Crippen LogP contribution in [0.2, 0.25) is 0 Å². The molecule has 0 aromatic carbocycles. The number of hydrogen-bond donors (Lipinski definition) is 1. The lowest BCUT2D eigenvalue weighted by molar-refractivity contribution is -0.138. The maximum Gasteiger partial charge on any atom is 0.238 e. The van der Waals surface area contributed by atoms with Crippen LogP contribution in [-0.2, 0) is 9.59 Å². The predicted octanol–water partition coefficient (Wildman–Crippen LogP) is 1.34. The molecule has 3 atom stereocenters. The third kappa shape index (κ3) is 2.58. The summed E-state index contributed by atoms with van der Waals surface area (Å²) in [5, 5.41) is 3.05. The molecule has 4 nitrogen and oxygen atoms in total. The van der Waals surface area contributed by atoms with E-state index in [9.17, 15) is 9.59 Å². The third-order valence-corrected chi connectivity index (χ3v) is 3.85. The highest BCUT2D eigenvalue weighted by molar-refractivity contribution is 5.90. The Morgan fingerprint density at radius 1 is 1.39 bits per heavy atom. The molecule has 0 saturated carbocycles. The molecule has 2 rings (SSSR count). The van der Waals surface area contributed by atoms with Crippen LogP contribution in [0.25, 0.3) is 0 Å². The van der Waals surface area contributed by atoms with Gasteiger partial charge in [0.1, 0.15) is 5.78 Å². The SMILES string of the molecule is C[C@@H]1CC(=O)[C@@H]2CCCN2C1C(=O)NC(C)(C)C. The second-order valence-corrected chi connectivity index (χ2v) is 6.73. The van der Waals surface area contributed by atoms with Crippen LogP contribution in [-0.4, -0.2) is 40.8 Å². The van der Waals surface area contributed by atoms with Crippen LogP contribution in [0.4, 0.5) is 0 Å². The van der Waals surface area contributed by atoms with E-state index in [1.54, 1.807) is 0 Å². The molecule has 102 valence electrons. The number of fused-ring (bicyclic) bond motifs is 1. The number of nitrogens with zero attached hydrogens (tertiary/aromatic N) is 1. The maximum absolute atomic E-state index is 12.4. The summed E-state index contributed by atoms with van der Waals surface area (Å²) in [7, 11) is 0. The van der Waals surface area contributed by atoms with Crippen molar-refractivity contribution in [2.75, 3.05) is 6.54 Å². The molecule has 2 aliphatic rings.